The first kappa shape index (κ1) is 11.3. The number of ether oxygens (including phenoxy) is 1. The predicted octanol–water partition coefficient (Wildman–Crippen LogP) is 2.78. The number of benzene rings is 1. The summed E-state index contributed by atoms with van der Waals surface area (Å²) < 4.78 is 6.54. The Morgan fingerprint density at radius 2 is 2.17 bits per heavy atom. The van der Waals surface area contributed by atoms with E-state index in [2.05, 4.69) is 25.8 Å². The van der Waals surface area contributed by atoms with Crippen molar-refractivity contribution in [2.75, 3.05) is 17.4 Å². The fourth-order valence-electron chi connectivity index (χ4n) is 2.04. The second kappa shape index (κ2) is 4.49. The molecule has 0 spiro atoms. The lowest BCUT2D eigenvalue weighted by atomic mass is 10.1. The second-order valence-electron chi connectivity index (χ2n) is 4.11. The van der Waals surface area contributed by atoms with Gasteiger partial charge in [0.05, 0.1) is 12.2 Å². The third kappa shape index (κ3) is 1.90. The topological polar surface area (TPSA) is 51.4 Å². The number of hydrogen-bond acceptors (Lipinski definition) is 4. The molecule has 3 rings (SSSR count). The minimum Gasteiger partial charge on any atom is -0.473 e. The van der Waals surface area contributed by atoms with Gasteiger partial charge in [-0.2, -0.15) is 0 Å². The maximum Gasteiger partial charge on any atom is 0.161 e. The van der Waals surface area contributed by atoms with Crippen LogP contribution >= 0.6 is 15.9 Å². The summed E-state index contributed by atoms with van der Waals surface area (Å²) in [6, 6.07) is 9.66. The molecule has 1 aliphatic rings. The van der Waals surface area contributed by atoms with E-state index >= 15 is 0 Å². The highest BCUT2D eigenvalue weighted by atomic mass is 79.9. The van der Waals surface area contributed by atoms with E-state index in [1.807, 2.05) is 30.3 Å². The second-order valence-corrected chi connectivity index (χ2v) is 4.86. The van der Waals surface area contributed by atoms with Crippen molar-refractivity contribution < 1.29 is 4.74 Å². The Balaban J connectivity index is 1.96. The molecule has 2 N–H and O–H groups in total. The number of anilines is 2. The van der Waals surface area contributed by atoms with Gasteiger partial charge in [-0.15, -0.1) is 0 Å². The van der Waals surface area contributed by atoms with Crippen molar-refractivity contribution in [1.29, 1.82) is 0 Å². The van der Waals surface area contributed by atoms with Crippen LogP contribution in [0, 0.1) is 0 Å². The van der Waals surface area contributed by atoms with Gasteiger partial charge in [0.25, 0.3) is 0 Å². The first-order valence-corrected chi connectivity index (χ1v) is 6.40. The molecule has 0 saturated carbocycles. The lowest BCUT2D eigenvalue weighted by Crippen LogP contribution is -2.32. The third-order valence-electron chi connectivity index (χ3n) is 2.97. The first-order valence-electron chi connectivity index (χ1n) is 5.61. The van der Waals surface area contributed by atoms with E-state index in [-0.39, 0.29) is 0 Å². The van der Waals surface area contributed by atoms with E-state index in [4.69, 9.17) is 10.5 Å². The zero-order chi connectivity index (χ0) is 12.5. The summed E-state index contributed by atoms with van der Waals surface area (Å²) in [4.78, 5) is 6.31. The Kier molecular flexibility index (Phi) is 2.83. The minimum absolute atomic E-state index is 0.501. The van der Waals surface area contributed by atoms with Crippen LogP contribution in [-0.2, 0) is 6.54 Å². The molecule has 1 aromatic carbocycles. The molecule has 0 fully saturated rings. The van der Waals surface area contributed by atoms with Crippen molar-refractivity contribution in [1.82, 2.24) is 4.98 Å². The van der Waals surface area contributed by atoms with Crippen molar-refractivity contribution >= 4 is 27.3 Å². The van der Waals surface area contributed by atoms with Crippen molar-refractivity contribution in [3.05, 3.63) is 46.7 Å². The molecule has 18 heavy (non-hydrogen) atoms. The molecule has 5 heteroatoms. The van der Waals surface area contributed by atoms with E-state index < -0.39 is 0 Å². The zero-order valence-corrected chi connectivity index (χ0v) is 11.2. The number of aromatic nitrogens is 1. The standard InChI is InChI=1S/C13H12BrN3O/c14-13-11(4-2-6-16-13)17-7-9-10(15)3-1-5-12(9)18-8-17/h1-6H,7-8,15H2. The first-order chi connectivity index (χ1) is 8.75. The summed E-state index contributed by atoms with van der Waals surface area (Å²) in [5.74, 6) is 0.867. The van der Waals surface area contributed by atoms with Gasteiger partial charge in [0.1, 0.15) is 10.4 Å². The Hall–Kier alpha value is -1.75. The Morgan fingerprint density at radius 1 is 1.28 bits per heavy atom. The predicted molar refractivity (Wildman–Crippen MR) is 74.5 cm³/mol. The molecular weight excluding hydrogens is 294 g/mol. The molecule has 0 atom stereocenters. The zero-order valence-electron chi connectivity index (χ0n) is 9.64. The maximum absolute atomic E-state index is 5.99. The van der Waals surface area contributed by atoms with Gasteiger partial charge in [-0.25, -0.2) is 4.98 Å². The fraction of sp³-hybridized carbons (Fsp3) is 0.154. The average molecular weight is 306 g/mol. The lowest BCUT2D eigenvalue weighted by Gasteiger charge is -2.31. The molecule has 2 heterocycles. The third-order valence-corrected chi connectivity index (χ3v) is 3.59. The number of nitrogen functional groups attached to an aromatic ring is 1. The molecule has 1 aliphatic heterocycles. The molecule has 0 aliphatic carbocycles. The van der Waals surface area contributed by atoms with Crippen molar-refractivity contribution in [2.45, 2.75) is 6.54 Å². The van der Waals surface area contributed by atoms with Crippen LogP contribution in [0.5, 0.6) is 5.75 Å². The van der Waals surface area contributed by atoms with Gasteiger partial charge in [0.2, 0.25) is 0 Å². The SMILES string of the molecule is Nc1cccc2c1CN(c1cccnc1Br)CO2. The van der Waals surface area contributed by atoms with Crippen LogP contribution < -0.4 is 15.4 Å². The van der Waals surface area contributed by atoms with Gasteiger partial charge in [0, 0.05) is 17.4 Å². The van der Waals surface area contributed by atoms with E-state index in [0.29, 0.717) is 6.73 Å². The molecule has 1 aromatic heterocycles. The van der Waals surface area contributed by atoms with E-state index in [9.17, 15) is 0 Å². The van der Waals surface area contributed by atoms with Crippen molar-refractivity contribution in [3.63, 3.8) is 0 Å². The highest BCUT2D eigenvalue weighted by Gasteiger charge is 2.20. The molecule has 0 bridgehead atoms. The van der Waals surface area contributed by atoms with Crippen molar-refractivity contribution in [2.24, 2.45) is 0 Å². The number of fused-ring (bicyclic) bond motifs is 1. The summed E-state index contributed by atoms with van der Waals surface area (Å²) in [5.41, 5.74) is 8.78. The van der Waals surface area contributed by atoms with Gasteiger partial charge in [-0.05, 0) is 40.2 Å². The number of halogens is 1. The number of pyridine rings is 1. The van der Waals surface area contributed by atoms with Crippen molar-refractivity contribution in [3.8, 4) is 5.75 Å². The number of hydrogen-bond donors (Lipinski definition) is 1. The van der Waals surface area contributed by atoms with E-state index in [1.165, 1.54) is 0 Å². The Morgan fingerprint density at radius 3 is 3.00 bits per heavy atom. The molecule has 92 valence electrons. The van der Waals surface area contributed by atoms with Crippen LogP contribution in [0.2, 0.25) is 0 Å². The van der Waals surface area contributed by atoms with Gasteiger partial charge >= 0.3 is 0 Å². The molecule has 0 radical (unpaired) electrons. The normalized spacial score (nSPS) is 13.9. The van der Waals surface area contributed by atoms with Gasteiger partial charge in [-0.3, -0.25) is 0 Å². The summed E-state index contributed by atoms with van der Waals surface area (Å²) >= 11 is 3.45. The highest BCUT2D eigenvalue weighted by Crippen LogP contribution is 2.33. The van der Waals surface area contributed by atoms with Gasteiger partial charge < -0.3 is 15.4 Å². The monoisotopic (exact) mass is 305 g/mol. The maximum atomic E-state index is 5.99. The van der Waals surface area contributed by atoms with Crippen LogP contribution in [0.15, 0.2) is 41.1 Å². The van der Waals surface area contributed by atoms with Crippen LogP contribution in [0.4, 0.5) is 11.4 Å². The lowest BCUT2D eigenvalue weighted by molar-refractivity contribution is 0.289. The molecular formula is C13H12BrN3O. The fourth-order valence-corrected chi connectivity index (χ4v) is 2.54. The Bertz CT molecular complexity index is 588. The summed E-state index contributed by atoms with van der Waals surface area (Å²) in [6.45, 7) is 1.23. The molecule has 0 amide bonds. The molecule has 0 saturated heterocycles. The number of rotatable bonds is 1. The van der Waals surface area contributed by atoms with Crippen LogP contribution in [-0.4, -0.2) is 11.7 Å². The van der Waals surface area contributed by atoms with Gasteiger partial charge in [0.15, 0.2) is 6.73 Å². The summed E-state index contributed by atoms with van der Waals surface area (Å²) in [7, 11) is 0. The minimum atomic E-state index is 0.501. The van der Waals surface area contributed by atoms with Crippen LogP contribution in [0.25, 0.3) is 0 Å². The number of nitrogens with two attached hydrogens (primary N) is 1. The van der Waals surface area contributed by atoms with Crippen LogP contribution in [0.3, 0.4) is 0 Å². The average Bonchev–Trinajstić information content (AvgIpc) is 2.40. The quantitative estimate of drug-likeness (QED) is 0.650. The smallest absolute Gasteiger partial charge is 0.161 e. The largest absolute Gasteiger partial charge is 0.473 e. The van der Waals surface area contributed by atoms with E-state index in [0.717, 1.165) is 33.8 Å². The molecule has 2 aromatic rings. The number of nitrogens with zero attached hydrogens (tertiary/aromatic N) is 2. The van der Waals surface area contributed by atoms with Gasteiger partial charge in [-0.1, -0.05) is 6.07 Å². The molecule has 0 unspecified atom stereocenters. The van der Waals surface area contributed by atoms with E-state index in [1.54, 1.807) is 6.20 Å². The van der Waals surface area contributed by atoms with Crippen LogP contribution in [0.1, 0.15) is 5.56 Å². The Labute approximate surface area is 114 Å². The molecule has 4 nitrogen and oxygen atoms in total. The summed E-state index contributed by atoms with van der Waals surface area (Å²) in [6.07, 6.45) is 1.75. The highest BCUT2D eigenvalue weighted by molar-refractivity contribution is 9.10. The summed E-state index contributed by atoms with van der Waals surface area (Å²) in [5, 5.41) is 0.